The summed E-state index contributed by atoms with van der Waals surface area (Å²) in [5.41, 5.74) is 0. The summed E-state index contributed by atoms with van der Waals surface area (Å²) in [6, 6.07) is 0. The van der Waals surface area contributed by atoms with E-state index in [1.54, 1.807) is 0 Å². The first-order valence-corrected chi connectivity index (χ1v) is 7.49. The fourth-order valence-corrected chi connectivity index (χ4v) is 3.78. The van der Waals surface area contributed by atoms with Gasteiger partial charge in [0.05, 0.1) is 0 Å². The van der Waals surface area contributed by atoms with Crippen LogP contribution in [-0.2, 0) is 37.0 Å². The van der Waals surface area contributed by atoms with Crippen LogP contribution in [0.1, 0.15) is 0 Å². The standard InChI is InChI=1S/C2H8O5P2S2/c1-5-8(3,10)7-9(4,11)6-2/h1-2H3,(H,3,10)(H,4,11). The van der Waals surface area contributed by atoms with E-state index in [1.165, 1.54) is 0 Å². The van der Waals surface area contributed by atoms with Crippen molar-refractivity contribution >= 4 is 37.1 Å². The van der Waals surface area contributed by atoms with Crippen LogP contribution in [0.15, 0.2) is 0 Å². The molecule has 0 spiro atoms. The first-order chi connectivity index (χ1) is 4.83. The Morgan fingerprint density at radius 3 is 1.45 bits per heavy atom. The molecule has 9 heteroatoms. The van der Waals surface area contributed by atoms with Gasteiger partial charge in [-0.1, -0.05) is 0 Å². The molecular weight excluding hydrogens is 230 g/mol. The van der Waals surface area contributed by atoms with Crippen molar-refractivity contribution < 1.29 is 23.1 Å². The Labute approximate surface area is 74.8 Å². The zero-order valence-electron chi connectivity index (χ0n) is 5.83. The van der Waals surface area contributed by atoms with Gasteiger partial charge in [0.1, 0.15) is 0 Å². The van der Waals surface area contributed by atoms with Crippen molar-refractivity contribution in [1.82, 2.24) is 0 Å². The lowest BCUT2D eigenvalue weighted by molar-refractivity contribution is 0.265. The summed E-state index contributed by atoms with van der Waals surface area (Å²) in [5, 5.41) is 0. The quantitative estimate of drug-likeness (QED) is 0.699. The third-order valence-electron chi connectivity index (χ3n) is 0.668. The zero-order valence-corrected chi connectivity index (χ0v) is 9.25. The average molecular weight is 238 g/mol. The average Bonchev–Trinajstić information content (AvgIpc) is 1.86. The molecule has 68 valence electrons. The van der Waals surface area contributed by atoms with Gasteiger partial charge in [-0.05, 0) is 23.6 Å². The number of hydrogen-bond acceptors (Lipinski definition) is 5. The summed E-state index contributed by atoms with van der Waals surface area (Å²) >= 11 is 8.80. The lowest BCUT2D eigenvalue weighted by Crippen LogP contribution is -1.91. The molecule has 0 aliphatic carbocycles. The lowest BCUT2D eigenvalue weighted by Gasteiger charge is -2.17. The molecule has 0 saturated carbocycles. The lowest BCUT2D eigenvalue weighted by atomic mass is 11.8. The van der Waals surface area contributed by atoms with Crippen molar-refractivity contribution in [1.29, 1.82) is 0 Å². The van der Waals surface area contributed by atoms with Crippen LogP contribution in [0.3, 0.4) is 0 Å². The second-order valence-electron chi connectivity index (χ2n) is 1.38. The van der Waals surface area contributed by atoms with Gasteiger partial charge < -0.3 is 18.8 Å². The summed E-state index contributed by atoms with van der Waals surface area (Å²) in [5.74, 6) is 0. The molecule has 5 nitrogen and oxygen atoms in total. The molecule has 2 atom stereocenters. The molecule has 0 rings (SSSR count). The predicted molar refractivity (Wildman–Crippen MR) is 48.1 cm³/mol. The van der Waals surface area contributed by atoms with E-state index in [2.05, 4.69) is 37.0 Å². The first kappa shape index (κ1) is 12.1. The van der Waals surface area contributed by atoms with Crippen molar-refractivity contribution in [3.63, 3.8) is 0 Å². The fourth-order valence-electron chi connectivity index (χ4n) is 0.197. The van der Waals surface area contributed by atoms with Crippen LogP contribution in [0, 0.1) is 0 Å². The smallest absolute Gasteiger partial charge is 0.324 e. The highest BCUT2D eigenvalue weighted by atomic mass is 32.5. The molecule has 0 aromatic rings. The SMILES string of the molecule is COP(O)(=S)OP(O)(=S)OC. The van der Waals surface area contributed by atoms with E-state index >= 15 is 0 Å². The molecule has 11 heavy (non-hydrogen) atoms. The highest BCUT2D eigenvalue weighted by Crippen LogP contribution is 2.59. The normalized spacial score (nSPS) is 22.2. The van der Waals surface area contributed by atoms with Crippen molar-refractivity contribution in [3.8, 4) is 0 Å². The number of rotatable bonds is 4. The van der Waals surface area contributed by atoms with Crippen LogP contribution < -0.4 is 0 Å². The predicted octanol–water partition coefficient (Wildman–Crippen LogP) is 0.729. The van der Waals surface area contributed by atoms with E-state index in [1.807, 2.05) is 0 Å². The van der Waals surface area contributed by atoms with Gasteiger partial charge in [-0.25, -0.2) is 4.31 Å². The largest absolute Gasteiger partial charge is 0.331 e. The van der Waals surface area contributed by atoms with Crippen LogP contribution in [-0.4, -0.2) is 24.0 Å². The summed E-state index contributed by atoms with van der Waals surface area (Å²) in [6.45, 7) is -6.82. The Bertz CT molecular complexity index is 195. The molecule has 0 aromatic heterocycles. The second kappa shape index (κ2) is 4.37. The van der Waals surface area contributed by atoms with E-state index in [9.17, 15) is 0 Å². The maximum Gasteiger partial charge on any atom is 0.331 e. The second-order valence-corrected chi connectivity index (χ2v) is 7.41. The van der Waals surface area contributed by atoms with Crippen LogP contribution >= 0.6 is 13.4 Å². The topological polar surface area (TPSA) is 68.2 Å². The van der Waals surface area contributed by atoms with E-state index in [4.69, 9.17) is 9.79 Å². The third-order valence-corrected chi connectivity index (χ3v) is 5.34. The van der Waals surface area contributed by atoms with E-state index in [0.29, 0.717) is 0 Å². The molecule has 0 amide bonds. The molecule has 0 fully saturated rings. The Morgan fingerprint density at radius 1 is 1.00 bits per heavy atom. The highest BCUT2D eigenvalue weighted by Gasteiger charge is 2.24. The molecule has 0 bridgehead atoms. The van der Waals surface area contributed by atoms with E-state index in [0.717, 1.165) is 14.2 Å². The molecule has 2 N–H and O–H groups in total. The van der Waals surface area contributed by atoms with Crippen molar-refractivity contribution in [3.05, 3.63) is 0 Å². The Morgan fingerprint density at radius 2 is 1.27 bits per heavy atom. The van der Waals surface area contributed by atoms with Gasteiger partial charge in [0.25, 0.3) is 0 Å². The van der Waals surface area contributed by atoms with Gasteiger partial charge in [-0.3, -0.25) is 0 Å². The molecule has 0 aromatic carbocycles. The molecule has 0 radical (unpaired) electrons. The first-order valence-electron chi connectivity index (χ1n) is 2.31. The van der Waals surface area contributed by atoms with Gasteiger partial charge in [-0.15, -0.1) is 0 Å². The summed E-state index contributed by atoms with van der Waals surface area (Å²) in [6.07, 6.45) is 0. The maximum absolute atomic E-state index is 8.99. The van der Waals surface area contributed by atoms with Gasteiger partial charge in [-0.2, -0.15) is 0 Å². The zero-order chi connectivity index (χ0) is 9.12. The van der Waals surface area contributed by atoms with Gasteiger partial charge in [0.15, 0.2) is 0 Å². The van der Waals surface area contributed by atoms with Gasteiger partial charge in [0.2, 0.25) is 0 Å². The fraction of sp³-hybridized carbons (Fsp3) is 1.00. The van der Waals surface area contributed by atoms with Crippen LogP contribution in [0.25, 0.3) is 0 Å². The molecule has 0 heterocycles. The monoisotopic (exact) mass is 238 g/mol. The summed E-state index contributed by atoms with van der Waals surface area (Å²) in [7, 11) is 2.32. The molecule has 0 aliphatic rings. The van der Waals surface area contributed by atoms with Gasteiger partial charge >= 0.3 is 13.4 Å². The minimum Gasteiger partial charge on any atom is -0.324 e. The third kappa shape index (κ3) is 5.36. The minimum atomic E-state index is -3.41. The molecule has 0 aliphatic heterocycles. The van der Waals surface area contributed by atoms with Crippen LogP contribution in [0.4, 0.5) is 0 Å². The van der Waals surface area contributed by atoms with E-state index in [-0.39, 0.29) is 0 Å². The summed E-state index contributed by atoms with van der Waals surface area (Å²) < 4.78 is 13.2. The molecule has 0 saturated heterocycles. The van der Waals surface area contributed by atoms with Gasteiger partial charge in [0, 0.05) is 14.2 Å². The molecule has 2 unspecified atom stereocenters. The Hall–Kier alpha value is 1.10. The molecular formula is C2H8O5P2S2. The van der Waals surface area contributed by atoms with Crippen molar-refractivity contribution in [2.45, 2.75) is 0 Å². The summed E-state index contributed by atoms with van der Waals surface area (Å²) in [4.78, 5) is 18.0. The maximum atomic E-state index is 8.99. The Kier molecular flexibility index (Phi) is 4.81. The van der Waals surface area contributed by atoms with Crippen LogP contribution in [0.2, 0.25) is 0 Å². The van der Waals surface area contributed by atoms with Crippen LogP contribution in [0.5, 0.6) is 0 Å². The minimum absolute atomic E-state index is 1.16. The van der Waals surface area contributed by atoms with E-state index < -0.39 is 13.4 Å². The Balaban J connectivity index is 4.26. The highest BCUT2D eigenvalue weighted by molar-refractivity contribution is 8.14. The van der Waals surface area contributed by atoms with Crippen molar-refractivity contribution in [2.75, 3.05) is 14.2 Å². The number of hydrogen-bond donors (Lipinski definition) is 2. The van der Waals surface area contributed by atoms with Crippen molar-refractivity contribution in [2.24, 2.45) is 0 Å².